The number of nitrogens with two attached hydrogens (primary N) is 1. The zero-order valence-electron chi connectivity index (χ0n) is 14.7. The van der Waals surface area contributed by atoms with E-state index < -0.39 is 0 Å². The fourth-order valence-corrected chi connectivity index (χ4v) is 3.07. The van der Waals surface area contributed by atoms with Crippen LogP contribution in [0, 0.1) is 0 Å². The van der Waals surface area contributed by atoms with Gasteiger partial charge in [0, 0.05) is 36.1 Å². The van der Waals surface area contributed by atoms with Crippen molar-refractivity contribution in [3.8, 4) is 22.6 Å². The van der Waals surface area contributed by atoms with Crippen molar-refractivity contribution < 1.29 is 9.53 Å². The van der Waals surface area contributed by atoms with Crippen molar-refractivity contribution >= 4 is 12.4 Å². The summed E-state index contributed by atoms with van der Waals surface area (Å²) in [5.41, 5.74) is 9.81. The number of rotatable bonds is 3. The Morgan fingerprint density at radius 2 is 1.93 bits per heavy atom. The van der Waals surface area contributed by atoms with Gasteiger partial charge in [-0.15, -0.1) is 0 Å². The lowest BCUT2D eigenvalue weighted by Gasteiger charge is -2.27. The van der Waals surface area contributed by atoms with E-state index in [0.29, 0.717) is 6.41 Å². The maximum atomic E-state index is 11.1. The molecule has 6 nitrogen and oxygen atoms in total. The number of fused-ring (bicyclic) bond motifs is 2. The predicted molar refractivity (Wildman–Crippen MR) is 103 cm³/mol. The summed E-state index contributed by atoms with van der Waals surface area (Å²) in [6.45, 7) is 0. The van der Waals surface area contributed by atoms with Gasteiger partial charge in [-0.05, 0) is 29.8 Å². The quantitative estimate of drug-likeness (QED) is 0.442. The molecule has 0 saturated heterocycles. The molecule has 1 aliphatic rings. The van der Waals surface area contributed by atoms with Crippen LogP contribution in [-0.4, -0.2) is 29.3 Å². The highest BCUT2D eigenvalue weighted by molar-refractivity contribution is 5.87. The van der Waals surface area contributed by atoms with E-state index in [9.17, 15) is 4.79 Å². The third-order valence-electron chi connectivity index (χ3n) is 4.51. The second-order valence-electron chi connectivity index (χ2n) is 6.24. The van der Waals surface area contributed by atoms with Gasteiger partial charge in [-0.3, -0.25) is 14.7 Å². The number of carbonyl (C=O) groups excluding carboxylic acids is 1. The molecule has 0 saturated carbocycles. The SMILES string of the molecule is CN(C=O)/C(N)=N\C1c2ccccc2Oc2ccc(-c3cccnc3)cc21. The molecule has 0 spiro atoms. The van der Waals surface area contributed by atoms with E-state index in [1.54, 1.807) is 13.2 Å². The Morgan fingerprint density at radius 3 is 2.70 bits per heavy atom. The molecule has 0 radical (unpaired) electrons. The Kier molecular flexibility index (Phi) is 4.30. The van der Waals surface area contributed by atoms with E-state index in [0.717, 1.165) is 33.8 Å². The Balaban J connectivity index is 1.86. The second kappa shape index (κ2) is 6.92. The maximum Gasteiger partial charge on any atom is 0.216 e. The number of aromatic nitrogens is 1. The van der Waals surface area contributed by atoms with Crippen LogP contribution in [0.25, 0.3) is 11.1 Å². The number of guanidine groups is 1. The molecule has 6 heteroatoms. The van der Waals surface area contributed by atoms with Gasteiger partial charge in [0.1, 0.15) is 17.5 Å². The van der Waals surface area contributed by atoms with Crippen molar-refractivity contribution in [1.29, 1.82) is 0 Å². The first-order chi connectivity index (χ1) is 13.2. The number of ether oxygens (including phenoxy) is 1. The summed E-state index contributed by atoms with van der Waals surface area (Å²) in [5, 5.41) is 0. The van der Waals surface area contributed by atoms with E-state index in [1.807, 2.05) is 60.8 Å². The zero-order valence-corrected chi connectivity index (χ0v) is 14.7. The Morgan fingerprint density at radius 1 is 1.11 bits per heavy atom. The smallest absolute Gasteiger partial charge is 0.216 e. The van der Waals surface area contributed by atoms with Gasteiger partial charge in [-0.25, -0.2) is 4.99 Å². The molecule has 1 amide bonds. The number of hydrogen-bond donors (Lipinski definition) is 1. The first-order valence-corrected chi connectivity index (χ1v) is 8.50. The molecular weight excluding hydrogens is 340 g/mol. The number of amides is 1. The van der Waals surface area contributed by atoms with Crippen LogP contribution < -0.4 is 10.5 Å². The number of benzene rings is 2. The summed E-state index contributed by atoms with van der Waals surface area (Å²) in [7, 11) is 1.57. The maximum absolute atomic E-state index is 11.1. The van der Waals surface area contributed by atoms with Gasteiger partial charge in [-0.1, -0.05) is 30.3 Å². The number of pyridine rings is 1. The monoisotopic (exact) mass is 358 g/mol. The van der Waals surface area contributed by atoms with Crippen molar-refractivity contribution in [1.82, 2.24) is 9.88 Å². The summed E-state index contributed by atoms with van der Waals surface area (Å²) in [6.07, 6.45) is 4.19. The molecular formula is C21H18N4O2. The lowest BCUT2D eigenvalue weighted by Crippen LogP contribution is -2.33. The number of hydrogen-bond acceptors (Lipinski definition) is 4. The van der Waals surface area contributed by atoms with Crippen LogP contribution in [0.1, 0.15) is 17.2 Å². The molecule has 2 heterocycles. The van der Waals surface area contributed by atoms with E-state index in [4.69, 9.17) is 10.5 Å². The molecule has 0 aliphatic carbocycles. The molecule has 27 heavy (non-hydrogen) atoms. The minimum atomic E-state index is -0.371. The fourth-order valence-electron chi connectivity index (χ4n) is 3.07. The molecule has 1 unspecified atom stereocenters. The molecule has 1 atom stereocenters. The Bertz CT molecular complexity index is 1020. The van der Waals surface area contributed by atoms with Crippen LogP contribution in [-0.2, 0) is 4.79 Å². The van der Waals surface area contributed by atoms with E-state index in [-0.39, 0.29) is 12.0 Å². The average molecular weight is 358 g/mol. The summed E-state index contributed by atoms with van der Waals surface area (Å²) in [6, 6.07) is 17.2. The van der Waals surface area contributed by atoms with E-state index in [2.05, 4.69) is 9.98 Å². The molecule has 2 aromatic carbocycles. The summed E-state index contributed by atoms with van der Waals surface area (Å²) >= 11 is 0. The largest absolute Gasteiger partial charge is 0.457 e. The van der Waals surface area contributed by atoms with Gasteiger partial charge in [0.15, 0.2) is 5.96 Å². The molecule has 0 bridgehead atoms. The van der Waals surface area contributed by atoms with E-state index in [1.165, 1.54) is 4.90 Å². The highest BCUT2D eigenvalue weighted by Crippen LogP contribution is 2.45. The molecule has 1 aliphatic heterocycles. The van der Waals surface area contributed by atoms with Crippen LogP contribution in [0.3, 0.4) is 0 Å². The topological polar surface area (TPSA) is 80.8 Å². The highest BCUT2D eigenvalue weighted by Gasteiger charge is 2.28. The van der Waals surface area contributed by atoms with Crippen LogP contribution in [0.4, 0.5) is 0 Å². The first kappa shape index (κ1) is 16.8. The second-order valence-corrected chi connectivity index (χ2v) is 6.24. The van der Waals surface area contributed by atoms with Gasteiger partial charge >= 0.3 is 0 Å². The molecule has 2 N–H and O–H groups in total. The third kappa shape index (κ3) is 3.13. The lowest BCUT2D eigenvalue weighted by molar-refractivity contribution is -0.114. The number of nitrogens with zero attached hydrogens (tertiary/aromatic N) is 3. The summed E-state index contributed by atoms with van der Waals surface area (Å²) < 4.78 is 6.06. The van der Waals surface area contributed by atoms with Crippen LogP contribution in [0.15, 0.2) is 72.0 Å². The van der Waals surface area contributed by atoms with Crippen LogP contribution in [0.5, 0.6) is 11.5 Å². The Hall–Kier alpha value is -3.67. The molecule has 0 fully saturated rings. The lowest BCUT2D eigenvalue weighted by atomic mass is 9.92. The first-order valence-electron chi connectivity index (χ1n) is 8.50. The summed E-state index contributed by atoms with van der Waals surface area (Å²) in [5.74, 6) is 1.59. The number of aliphatic imine (C=N–C) groups is 1. The van der Waals surface area contributed by atoms with Gasteiger partial charge in [-0.2, -0.15) is 0 Å². The average Bonchev–Trinajstić information content (AvgIpc) is 2.73. The highest BCUT2D eigenvalue weighted by atomic mass is 16.5. The minimum Gasteiger partial charge on any atom is -0.457 e. The van der Waals surface area contributed by atoms with E-state index >= 15 is 0 Å². The van der Waals surface area contributed by atoms with Gasteiger partial charge in [0.05, 0.1) is 0 Å². The number of carbonyl (C=O) groups is 1. The van der Waals surface area contributed by atoms with Crippen molar-refractivity contribution in [3.63, 3.8) is 0 Å². The zero-order chi connectivity index (χ0) is 18.8. The fraction of sp³-hybridized carbons (Fsp3) is 0.0952. The normalized spacial score (nSPS) is 15.3. The van der Waals surface area contributed by atoms with Crippen LogP contribution in [0.2, 0.25) is 0 Å². The predicted octanol–water partition coefficient (Wildman–Crippen LogP) is 3.35. The summed E-state index contributed by atoms with van der Waals surface area (Å²) in [4.78, 5) is 21.1. The van der Waals surface area contributed by atoms with Crippen molar-refractivity contribution in [3.05, 3.63) is 78.1 Å². The Labute approximate surface area is 156 Å². The molecule has 4 rings (SSSR count). The molecule has 1 aromatic heterocycles. The van der Waals surface area contributed by atoms with Crippen LogP contribution >= 0.6 is 0 Å². The van der Waals surface area contributed by atoms with Crippen molar-refractivity contribution in [2.45, 2.75) is 6.04 Å². The van der Waals surface area contributed by atoms with Gasteiger partial charge in [0.25, 0.3) is 0 Å². The molecule has 134 valence electrons. The number of para-hydroxylation sites is 1. The third-order valence-corrected chi connectivity index (χ3v) is 4.51. The van der Waals surface area contributed by atoms with Gasteiger partial charge in [0.2, 0.25) is 6.41 Å². The standard InChI is InChI=1S/C21H18N4O2/c1-25(13-26)21(22)24-20-16-6-2-3-7-18(16)27-19-9-8-14(11-17(19)20)15-5-4-10-23-12-15/h2-13,20H,1H3,(H2,22,24). The minimum absolute atomic E-state index is 0.143. The molecule has 3 aromatic rings. The van der Waals surface area contributed by atoms with Gasteiger partial charge < -0.3 is 10.5 Å². The van der Waals surface area contributed by atoms with Crippen molar-refractivity contribution in [2.75, 3.05) is 7.05 Å². The van der Waals surface area contributed by atoms with Crippen molar-refractivity contribution in [2.24, 2.45) is 10.7 Å².